The van der Waals surface area contributed by atoms with E-state index in [1.54, 1.807) is 19.1 Å². The maximum absolute atomic E-state index is 12.0. The number of rotatable bonds is 3. The van der Waals surface area contributed by atoms with Crippen molar-refractivity contribution in [2.24, 2.45) is 0 Å². The summed E-state index contributed by atoms with van der Waals surface area (Å²) in [6.45, 7) is 1.80. The van der Waals surface area contributed by atoms with Crippen LogP contribution in [-0.2, 0) is 10.1 Å². The summed E-state index contributed by atoms with van der Waals surface area (Å²) in [4.78, 5) is 0.0887. The number of aromatic hydroxyl groups is 1. The molecule has 0 spiro atoms. The monoisotopic (exact) mass is 264 g/mol. The van der Waals surface area contributed by atoms with Crippen LogP contribution in [-0.4, -0.2) is 13.5 Å². The zero-order valence-corrected chi connectivity index (χ0v) is 10.5. The van der Waals surface area contributed by atoms with Crippen molar-refractivity contribution in [1.82, 2.24) is 0 Å². The predicted molar refractivity (Wildman–Crippen MR) is 67.1 cm³/mol. The molecule has 5 heteroatoms. The van der Waals surface area contributed by atoms with Gasteiger partial charge in [-0.2, -0.15) is 8.42 Å². The number of aryl methyl sites for hydroxylation is 1. The lowest BCUT2D eigenvalue weighted by molar-refractivity contribution is 0.463. The van der Waals surface area contributed by atoms with E-state index >= 15 is 0 Å². The van der Waals surface area contributed by atoms with E-state index in [1.807, 2.05) is 0 Å². The van der Waals surface area contributed by atoms with Gasteiger partial charge >= 0.3 is 10.1 Å². The molecule has 1 N–H and O–H groups in total. The standard InChI is InChI=1S/C13H12O4S/c1-10-4-2-7-13(8-10)18(15,16)17-12-6-3-5-11(14)9-12/h2-9,14H,1H3. The third-order valence-electron chi connectivity index (χ3n) is 2.30. The van der Waals surface area contributed by atoms with E-state index in [9.17, 15) is 13.5 Å². The molecule has 2 aromatic carbocycles. The van der Waals surface area contributed by atoms with Crippen LogP contribution in [0.5, 0.6) is 11.5 Å². The Morgan fingerprint density at radius 3 is 2.44 bits per heavy atom. The molecule has 2 aromatic rings. The molecule has 2 rings (SSSR count). The van der Waals surface area contributed by atoms with Crippen LogP contribution in [0.4, 0.5) is 0 Å². The van der Waals surface area contributed by atoms with Crippen molar-refractivity contribution in [3.05, 3.63) is 54.1 Å². The normalized spacial score (nSPS) is 11.2. The first-order valence-corrected chi connectivity index (χ1v) is 6.68. The van der Waals surface area contributed by atoms with E-state index < -0.39 is 10.1 Å². The Kier molecular flexibility index (Phi) is 3.25. The third kappa shape index (κ3) is 2.81. The van der Waals surface area contributed by atoms with Crippen LogP contribution in [0.15, 0.2) is 53.4 Å². The largest absolute Gasteiger partial charge is 0.508 e. The van der Waals surface area contributed by atoms with Crippen LogP contribution in [0, 0.1) is 6.92 Å². The molecule has 18 heavy (non-hydrogen) atoms. The molecule has 0 aliphatic rings. The first-order chi connectivity index (χ1) is 8.47. The molecule has 0 heterocycles. The fraction of sp³-hybridized carbons (Fsp3) is 0.0769. The molecule has 94 valence electrons. The minimum Gasteiger partial charge on any atom is -0.508 e. The van der Waals surface area contributed by atoms with Crippen molar-refractivity contribution in [3.8, 4) is 11.5 Å². The molecule has 0 amide bonds. The van der Waals surface area contributed by atoms with Crippen LogP contribution in [0.1, 0.15) is 5.56 Å². The lowest BCUT2D eigenvalue weighted by Crippen LogP contribution is -2.09. The average Bonchev–Trinajstić information content (AvgIpc) is 2.28. The summed E-state index contributed by atoms with van der Waals surface area (Å²) >= 11 is 0. The molecule has 0 saturated carbocycles. The van der Waals surface area contributed by atoms with Gasteiger partial charge in [-0.15, -0.1) is 0 Å². The summed E-state index contributed by atoms with van der Waals surface area (Å²) in [5, 5.41) is 9.25. The minimum absolute atomic E-state index is 0.0491. The Bertz CT molecular complexity index is 662. The average molecular weight is 264 g/mol. The van der Waals surface area contributed by atoms with E-state index in [2.05, 4.69) is 0 Å². The summed E-state index contributed by atoms with van der Waals surface area (Å²) in [6.07, 6.45) is 0. The maximum Gasteiger partial charge on any atom is 0.339 e. The fourth-order valence-corrected chi connectivity index (χ4v) is 2.51. The molecule has 0 aromatic heterocycles. The molecular weight excluding hydrogens is 252 g/mol. The van der Waals surface area contributed by atoms with Gasteiger partial charge in [0.05, 0.1) is 0 Å². The smallest absolute Gasteiger partial charge is 0.339 e. The first-order valence-electron chi connectivity index (χ1n) is 5.27. The van der Waals surface area contributed by atoms with E-state index in [0.29, 0.717) is 0 Å². The van der Waals surface area contributed by atoms with Crippen LogP contribution in [0.3, 0.4) is 0 Å². The molecule has 0 aliphatic heterocycles. The van der Waals surface area contributed by atoms with Gasteiger partial charge in [0.2, 0.25) is 0 Å². The molecule has 0 atom stereocenters. The summed E-state index contributed by atoms with van der Waals surface area (Å²) in [5.41, 5.74) is 0.829. The van der Waals surface area contributed by atoms with Crippen molar-refractivity contribution < 1.29 is 17.7 Å². The Morgan fingerprint density at radius 2 is 1.78 bits per heavy atom. The summed E-state index contributed by atoms with van der Waals surface area (Å²) in [5.74, 6) is 0.0310. The predicted octanol–water partition coefficient (Wildman–Crippen LogP) is 2.47. The molecule has 4 nitrogen and oxygen atoms in total. The van der Waals surface area contributed by atoms with Crippen molar-refractivity contribution in [3.63, 3.8) is 0 Å². The number of hydrogen-bond donors (Lipinski definition) is 1. The van der Waals surface area contributed by atoms with Gasteiger partial charge in [0.1, 0.15) is 16.4 Å². The summed E-state index contributed by atoms with van der Waals surface area (Å²) in [7, 11) is -3.86. The molecule has 0 saturated heterocycles. The van der Waals surface area contributed by atoms with Gasteiger partial charge in [-0.05, 0) is 36.8 Å². The second kappa shape index (κ2) is 4.70. The molecule has 0 unspecified atom stereocenters. The van der Waals surface area contributed by atoms with Crippen LogP contribution in [0.2, 0.25) is 0 Å². The van der Waals surface area contributed by atoms with E-state index in [0.717, 1.165) is 5.56 Å². The molecular formula is C13H12O4S. The van der Waals surface area contributed by atoms with Crippen molar-refractivity contribution >= 4 is 10.1 Å². The fourth-order valence-electron chi connectivity index (χ4n) is 1.48. The maximum atomic E-state index is 12.0. The Hall–Kier alpha value is -2.01. The highest BCUT2D eigenvalue weighted by atomic mass is 32.2. The second-order valence-corrected chi connectivity index (χ2v) is 5.40. The topological polar surface area (TPSA) is 63.6 Å². The number of phenolic OH excluding ortho intramolecular Hbond substituents is 1. The Morgan fingerprint density at radius 1 is 1.06 bits per heavy atom. The highest BCUT2D eigenvalue weighted by Gasteiger charge is 2.16. The van der Waals surface area contributed by atoms with Crippen molar-refractivity contribution in [2.75, 3.05) is 0 Å². The van der Waals surface area contributed by atoms with Crippen molar-refractivity contribution in [2.45, 2.75) is 11.8 Å². The zero-order valence-electron chi connectivity index (χ0n) is 9.70. The van der Waals surface area contributed by atoms with E-state index in [-0.39, 0.29) is 16.4 Å². The highest BCUT2D eigenvalue weighted by molar-refractivity contribution is 7.87. The second-order valence-electron chi connectivity index (χ2n) is 3.85. The van der Waals surface area contributed by atoms with Gasteiger partial charge in [0.25, 0.3) is 0 Å². The van der Waals surface area contributed by atoms with Crippen LogP contribution < -0.4 is 4.18 Å². The first kappa shape index (κ1) is 12.4. The summed E-state index contributed by atoms with van der Waals surface area (Å²) < 4.78 is 28.9. The van der Waals surface area contributed by atoms with Gasteiger partial charge in [-0.25, -0.2) is 0 Å². The van der Waals surface area contributed by atoms with E-state index in [4.69, 9.17) is 4.18 Å². The Labute approximate surface area is 106 Å². The van der Waals surface area contributed by atoms with Gasteiger partial charge < -0.3 is 9.29 Å². The van der Waals surface area contributed by atoms with Crippen molar-refractivity contribution in [1.29, 1.82) is 0 Å². The minimum atomic E-state index is -3.86. The molecule has 0 bridgehead atoms. The van der Waals surface area contributed by atoms with E-state index in [1.165, 1.54) is 36.4 Å². The Balaban J connectivity index is 2.33. The third-order valence-corrected chi connectivity index (χ3v) is 3.54. The van der Waals surface area contributed by atoms with Gasteiger partial charge in [0.15, 0.2) is 0 Å². The van der Waals surface area contributed by atoms with Gasteiger partial charge in [0, 0.05) is 6.07 Å². The molecule has 0 radical (unpaired) electrons. The lowest BCUT2D eigenvalue weighted by atomic mass is 10.2. The quantitative estimate of drug-likeness (QED) is 0.865. The molecule has 0 aliphatic carbocycles. The van der Waals surface area contributed by atoms with Gasteiger partial charge in [-0.3, -0.25) is 0 Å². The van der Waals surface area contributed by atoms with Crippen LogP contribution >= 0.6 is 0 Å². The SMILES string of the molecule is Cc1cccc(S(=O)(=O)Oc2cccc(O)c2)c1. The highest BCUT2D eigenvalue weighted by Crippen LogP contribution is 2.22. The number of hydrogen-bond acceptors (Lipinski definition) is 4. The lowest BCUT2D eigenvalue weighted by Gasteiger charge is -2.07. The number of benzene rings is 2. The van der Waals surface area contributed by atoms with Crippen LogP contribution in [0.25, 0.3) is 0 Å². The zero-order chi connectivity index (χ0) is 13.2. The number of phenols is 1. The van der Waals surface area contributed by atoms with Gasteiger partial charge in [-0.1, -0.05) is 18.2 Å². The summed E-state index contributed by atoms with van der Waals surface area (Å²) in [6, 6.07) is 12.1. The molecule has 0 fully saturated rings.